The summed E-state index contributed by atoms with van der Waals surface area (Å²) in [5.41, 5.74) is 5.95. The van der Waals surface area contributed by atoms with Gasteiger partial charge < -0.3 is 5.32 Å². The van der Waals surface area contributed by atoms with Crippen molar-refractivity contribution in [1.29, 1.82) is 0 Å². The maximum atomic E-state index is 6.11. The minimum atomic E-state index is 0.744. The van der Waals surface area contributed by atoms with Crippen molar-refractivity contribution in [1.82, 2.24) is 20.1 Å². The van der Waals surface area contributed by atoms with Crippen LogP contribution in [0, 0.1) is 0 Å². The lowest BCUT2D eigenvalue weighted by Gasteiger charge is -2.15. The standard InChI is InChI=1S/C18H17ClN4/c19-15-3-1-2-13(10-15)12-23-17-6-9-21-11-16(17)18(22-23)14-4-7-20-8-5-14/h1-5,7-8,10,21H,6,9,11-12H2. The first-order valence-corrected chi connectivity index (χ1v) is 8.13. The van der Waals surface area contributed by atoms with Crippen LogP contribution in [0.25, 0.3) is 11.3 Å². The van der Waals surface area contributed by atoms with Crippen LogP contribution in [0.15, 0.2) is 48.8 Å². The molecule has 0 aliphatic carbocycles. The summed E-state index contributed by atoms with van der Waals surface area (Å²) in [6.07, 6.45) is 4.62. The molecule has 0 amide bonds. The van der Waals surface area contributed by atoms with E-state index in [2.05, 4.69) is 21.0 Å². The number of benzene rings is 1. The van der Waals surface area contributed by atoms with Crippen molar-refractivity contribution in [2.45, 2.75) is 19.5 Å². The van der Waals surface area contributed by atoms with E-state index in [1.807, 2.05) is 42.7 Å². The summed E-state index contributed by atoms with van der Waals surface area (Å²) in [6.45, 7) is 2.60. The average molecular weight is 325 g/mol. The minimum absolute atomic E-state index is 0.744. The van der Waals surface area contributed by atoms with Gasteiger partial charge in [-0.05, 0) is 29.8 Å². The molecule has 0 radical (unpaired) electrons. The monoisotopic (exact) mass is 324 g/mol. The number of halogens is 1. The van der Waals surface area contributed by atoms with E-state index < -0.39 is 0 Å². The summed E-state index contributed by atoms with van der Waals surface area (Å²) in [5, 5.41) is 9.10. The lowest BCUT2D eigenvalue weighted by molar-refractivity contribution is 0.582. The van der Waals surface area contributed by atoms with E-state index in [0.29, 0.717) is 0 Å². The Hall–Kier alpha value is -2.17. The summed E-state index contributed by atoms with van der Waals surface area (Å²) in [5.74, 6) is 0. The molecule has 0 unspecified atom stereocenters. The maximum Gasteiger partial charge on any atom is 0.0972 e. The lowest BCUT2D eigenvalue weighted by atomic mass is 10.0. The summed E-state index contributed by atoms with van der Waals surface area (Å²) < 4.78 is 2.12. The van der Waals surface area contributed by atoms with Crippen molar-refractivity contribution in [3.63, 3.8) is 0 Å². The van der Waals surface area contributed by atoms with Crippen LogP contribution < -0.4 is 5.32 Å². The van der Waals surface area contributed by atoms with Crippen molar-refractivity contribution in [3.05, 3.63) is 70.6 Å². The van der Waals surface area contributed by atoms with Gasteiger partial charge in [-0.1, -0.05) is 23.7 Å². The molecular formula is C18H17ClN4. The van der Waals surface area contributed by atoms with E-state index in [1.54, 1.807) is 0 Å². The largest absolute Gasteiger partial charge is 0.312 e. The molecule has 0 bridgehead atoms. The van der Waals surface area contributed by atoms with E-state index in [-0.39, 0.29) is 0 Å². The number of aromatic nitrogens is 3. The number of fused-ring (bicyclic) bond motifs is 1. The van der Waals surface area contributed by atoms with E-state index in [0.717, 1.165) is 42.3 Å². The normalized spacial score (nSPS) is 13.8. The Morgan fingerprint density at radius 2 is 2.04 bits per heavy atom. The molecule has 0 saturated carbocycles. The summed E-state index contributed by atoms with van der Waals surface area (Å²) in [4.78, 5) is 4.10. The summed E-state index contributed by atoms with van der Waals surface area (Å²) in [7, 11) is 0. The van der Waals surface area contributed by atoms with Gasteiger partial charge in [0.1, 0.15) is 0 Å². The average Bonchev–Trinajstić information content (AvgIpc) is 2.95. The van der Waals surface area contributed by atoms with Gasteiger partial charge in [-0.25, -0.2) is 0 Å². The third-order valence-electron chi connectivity index (χ3n) is 4.18. The molecule has 3 aromatic rings. The van der Waals surface area contributed by atoms with Crippen LogP contribution in [-0.2, 0) is 19.5 Å². The van der Waals surface area contributed by atoms with Crippen LogP contribution in [0.3, 0.4) is 0 Å². The number of pyridine rings is 1. The molecule has 0 atom stereocenters. The van der Waals surface area contributed by atoms with Crippen molar-refractivity contribution in [3.8, 4) is 11.3 Å². The minimum Gasteiger partial charge on any atom is -0.312 e. The highest BCUT2D eigenvalue weighted by atomic mass is 35.5. The Kier molecular flexibility index (Phi) is 3.85. The first kappa shape index (κ1) is 14.4. The SMILES string of the molecule is Clc1cccc(Cn2nc(-c3ccncc3)c3c2CCNC3)c1. The van der Waals surface area contributed by atoms with E-state index in [4.69, 9.17) is 16.7 Å². The second-order valence-electron chi connectivity index (χ2n) is 5.72. The fourth-order valence-electron chi connectivity index (χ4n) is 3.10. The van der Waals surface area contributed by atoms with Crippen LogP contribution in [-0.4, -0.2) is 21.3 Å². The van der Waals surface area contributed by atoms with Gasteiger partial charge in [0.15, 0.2) is 0 Å². The molecule has 3 heterocycles. The molecule has 23 heavy (non-hydrogen) atoms. The van der Waals surface area contributed by atoms with E-state index >= 15 is 0 Å². The first-order chi connectivity index (χ1) is 11.3. The van der Waals surface area contributed by atoms with Crippen molar-refractivity contribution in [2.75, 3.05) is 6.54 Å². The molecule has 1 N–H and O–H groups in total. The molecule has 1 aliphatic rings. The third-order valence-corrected chi connectivity index (χ3v) is 4.42. The lowest BCUT2D eigenvalue weighted by Crippen LogP contribution is -2.25. The van der Waals surface area contributed by atoms with Gasteiger partial charge in [0.25, 0.3) is 0 Å². The van der Waals surface area contributed by atoms with Crippen LogP contribution >= 0.6 is 11.6 Å². The topological polar surface area (TPSA) is 42.7 Å². The molecule has 1 aromatic carbocycles. The van der Waals surface area contributed by atoms with Gasteiger partial charge in [-0.3, -0.25) is 9.67 Å². The zero-order valence-electron chi connectivity index (χ0n) is 12.7. The number of rotatable bonds is 3. The predicted octanol–water partition coefficient (Wildman–Crippen LogP) is 3.29. The second kappa shape index (κ2) is 6.14. The number of nitrogens with zero attached hydrogens (tertiary/aromatic N) is 3. The van der Waals surface area contributed by atoms with Crippen LogP contribution in [0.5, 0.6) is 0 Å². The first-order valence-electron chi connectivity index (χ1n) is 7.75. The smallest absolute Gasteiger partial charge is 0.0972 e. The Morgan fingerprint density at radius 3 is 2.87 bits per heavy atom. The van der Waals surface area contributed by atoms with Gasteiger partial charge >= 0.3 is 0 Å². The molecule has 4 rings (SSSR count). The van der Waals surface area contributed by atoms with Crippen LogP contribution in [0.2, 0.25) is 5.02 Å². The molecule has 4 nitrogen and oxygen atoms in total. The fourth-order valence-corrected chi connectivity index (χ4v) is 3.31. The molecule has 1 aliphatic heterocycles. The Bertz CT molecular complexity index is 826. The fraction of sp³-hybridized carbons (Fsp3) is 0.222. The highest BCUT2D eigenvalue weighted by Crippen LogP contribution is 2.28. The van der Waals surface area contributed by atoms with Gasteiger partial charge in [0.2, 0.25) is 0 Å². The number of nitrogens with one attached hydrogen (secondary N) is 1. The summed E-state index contributed by atoms with van der Waals surface area (Å²) >= 11 is 6.11. The second-order valence-corrected chi connectivity index (χ2v) is 6.16. The molecule has 2 aromatic heterocycles. The summed E-state index contributed by atoms with van der Waals surface area (Å²) in [6, 6.07) is 12.0. The Morgan fingerprint density at radius 1 is 1.17 bits per heavy atom. The zero-order valence-corrected chi connectivity index (χ0v) is 13.4. The third kappa shape index (κ3) is 2.87. The molecule has 0 spiro atoms. The molecule has 5 heteroatoms. The van der Waals surface area contributed by atoms with Gasteiger partial charge in [0.05, 0.1) is 12.2 Å². The number of hydrogen-bond acceptors (Lipinski definition) is 3. The molecule has 116 valence electrons. The van der Waals surface area contributed by atoms with E-state index in [9.17, 15) is 0 Å². The number of hydrogen-bond donors (Lipinski definition) is 1. The zero-order chi connectivity index (χ0) is 15.6. The van der Waals surface area contributed by atoms with Crippen LogP contribution in [0.1, 0.15) is 16.8 Å². The van der Waals surface area contributed by atoms with Gasteiger partial charge in [-0.15, -0.1) is 0 Å². The Balaban J connectivity index is 1.77. The van der Waals surface area contributed by atoms with Gasteiger partial charge in [-0.2, -0.15) is 5.10 Å². The highest BCUT2D eigenvalue weighted by Gasteiger charge is 2.21. The Labute approximate surface area is 140 Å². The quantitative estimate of drug-likeness (QED) is 0.804. The highest BCUT2D eigenvalue weighted by molar-refractivity contribution is 6.30. The van der Waals surface area contributed by atoms with Crippen LogP contribution in [0.4, 0.5) is 0 Å². The van der Waals surface area contributed by atoms with Crippen molar-refractivity contribution >= 4 is 11.6 Å². The predicted molar refractivity (Wildman–Crippen MR) is 91.4 cm³/mol. The molecular weight excluding hydrogens is 308 g/mol. The molecule has 0 saturated heterocycles. The van der Waals surface area contributed by atoms with E-state index in [1.165, 1.54) is 16.8 Å². The molecule has 0 fully saturated rings. The maximum absolute atomic E-state index is 6.11. The van der Waals surface area contributed by atoms with Gasteiger partial charge in [0, 0.05) is 53.7 Å². The van der Waals surface area contributed by atoms with Crippen molar-refractivity contribution in [2.24, 2.45) is 0 Å². The van der Waals surface area contributed by atoms with Crippen molar-refractivity contribution < 1.29 is 0 Å².